The summed E-state index contributed by atoms with van der Waals surface area (Å²) >= 11 is 1.32. The lowest BCUT2D eigenvalue weighted by atomic mass is 10.1. The fraction of sp³-hybridized carbons (Fsp3) is 0.125. The van der Waals surface area contributed by atoms with Crippen molar-refractivity contribution in [1.82, 2.24) is 25.0 Å². The topological polar surface area (TPSA) is 85.6 Å². The minimum absolute atomic E-state index is 0.160. The number of carbonyl (C=O) groups is 1. The smallest absolute Gasteiger partial charge is 0.278 e. The van der Waals surface area contributed by atoms with Gasteiger partial charge in [0.15, 0.2) is 11.3 Å². The third kappa shape index (κ3) is 4.49. The standard InChI is InChI=1S/C24H19FN6OS/c1-15-8-10-16(11-9-15)13-20-28-29-24(33-20)27-23(32)21-18-6-4-12-26-22(18)31(30-21)14-17-5-2-3-7-19(17)25/h2-12H,13-14H2,1H3,(H,27,29,32). The maximum atomic E-state index is 14.2. The van der Waals surface area contributed by atoms with E-state index in [4.69, 9.17) is 0 Å². The molecule has 0 unspecified atom stereocenters. The van der Waals surface area contributed by atoms with Crippen molar-refractivity contribution in [2.45, 2.75) is 19.9 Å². The number of carbonyl (C=O) groups excluding carboxylic acids is 1. The Hall–Kier alpha value is -3.98. The van der Waals surface area contributed by atoms with E-state index in [1.807, 2.05) is 6.92 Å². The number of fused-ring (bicyclic) bond motifs is 1. The van der Waals surface area contributed by atoms with E-state index in [0.29, 0.717) is 28.1 Å². The number of hydrogen-bond donors (Lipinski definition) is 1. The average molecular weight is 459 g/mol. The predicted molar refractivity (Wildman–Crippen MR) is 125 cm³/mol. The molecule has 2 aromatic carbocycles. The van der Waals surface area contributed by atoms with Crippen LogP contribution in [0.4, 0.5) is 9.52 Å². The molecule has 0 saturated heterocycles. The molecule has 0 bridgehead atoms. The van der Waals surface area contributed by atoms with Crippen molar-refractivity contribution in [2.24, 2.45) is 0 Å². The number of halogens is 1. The SMILES string of the molecule is Cc1ccc(Cc2nnc(NC(=O)c3nn(Cc4ccccc4F)c4ncccc34)s2)cc1. The molecule has 0 atom stereocenters. The summed E-state index contributed by atoms with van der Waals surface area (Å²) < 4.78 is 15.7. The van der Waals surface area contributed by atoms with Crippen molar-refractivity contribution < 1.29 is 9.18 Å². The van der Waals surface area contributed by atoms with Crippen LogP contribution in [-0.4, -0.2) is 30.9 Å². The summed E-state index contributed by atoms with van der Waals surface area (Å²) in [4.78, 5) is 17.4. The number of aromatic nitrogens is 5. The van der Waals surface area contributed by atoms with Crippen LogP contribution < -0.4 is 5.32 Å². The maximum Gasteiger partial charge on any atom is 0.278 e. The van der Waals surface area contributed by atoms with Gasteiger partial charge in [-0.3, -0.25) is 10.1 Å². The Labute approximate surface area is 192 Å². The second-order valence-corrected chi connectivity index (χ2v) is 8.65. The van der Waals surface area contributed by atoms with E-state index in [0.717, 1.165) is 10.6 Å². The van der Waals surface area contributed by atoms with Gasteiger partial charge in [-0.2, -0.15) is 5.10 Å². The maximum absolute atomic E-state index is 14.2. The number of hydrogen-bond acceptors (Lipinski definition) is 6. The molecule has 3 heterocycles. The normalized spacial score (nSPS) is 11.1. The van der Waals surface area contributed by atoms with Crippen molar-refractivity contribution in [3.05, 3.63) is 100 Å². The number of pyridine rings is 1. The van der Waals surface area contributed by atoms with Gasteiger partial charge in [-0.15, -0.1) is 10.2 Å². The van der Waals surface area contributed by atoms with Crippen molar-refractivity contribution >= 4 is 33.4 Å². The third-order valence-corrected chi connectivity index (χ3v) is 6.00. The van der Waals surface area contributed by atoms with Crippen LogP contribution in [-0.2, 0) is 13.0 Å². The van der Waals surface area contributed by atoms with Crippen LogP contribution >= 0.6 is 11.3 Å². The number of amides is 1. The largest absolute Gasteiger partial charge is 0.295 e. The molecule has 0 saturated carbocycles. The zero-order chi connectivity index (χ0) is 22.8. The highest BCUT2D eigenvalue weighted by molar-refractivity contribution is 7.15. The molecule has 3 aromatic heterocycles. The first kappa shape index (κ1) is 20.9. The van der Waals surface area contributed by atoms with Crippen LogP contribution in [0.1, 0.15) is 32.2 Å². The van der Waals surface area contributed by atoms with E-state index < -0.39 is 5.91 Å². The second kappa shape index (κ2) is 8.87. The van der Waals surface area contributed by atoms with Gasteiger partial charge in [-0.25, -0.2) is 14.1 Å². The van der Waals surface area contributed by atoms with E-state index in [1.165, 1.54) is 27.6 Å². The van der Waals surface area contributed by atoms with E-state index >= 15 is 0 Å². The van der Waals surface area contributed by atoms with Crippen LogP contribution in [0.2, 0.25) is 0 Å². The second-order valence-electron chi connectivity index (χ2n) is 7.59. The lowest BCUT2D eigenvalue weighted by Gasteiger charge is -2.04. The summed E-state index contributed by atoms with van der Waals surface area (Å²) in [6.45, 7) is 2.20. The number of benzene rings is 2. The summed E-state index contributed by atoms with van der Waals surface area (Å²) in [6.07, 6.45) is 2.25. The number of nitrogens with one attached hydrogen (secondary N) is 1. The molecule has 1 N–H and O–H groups in total. The van der Waals surface area contributed by atoms with Gasteiger partial charge < -0.3 is 0 Å². The van der Waals surface area contributed by atoms with Crippen molar-refractivity contribution in [1.29, 1.82) is 0 Å². The first-order valence-corrected chi connectivity index (χ1v) is 11.1. The molecule has 9 heteroatoms. The number of aryl methyl sites for hydroxylation is 1. The molecular weight excluding hydrogens is 439 g/mol. The molecular formula is C24H19FN6OS. The highest BCUT2D eigenvalue weighted by Crippen LogP contribution is 2.22. The van der Waals surface area contributed by atoms with Gasteiger partial charge in [0.1, 0.15) is 10.8 Å². The molecule has 0 radical (unpaired) electrons. The Morgan fingerprint density at radius 3 is 2.70 bits per heavy atom. The number of anilines is 1. The first-order valence-electron chi connectivity index (χ1n) is 10.3. The Bertz CT molecular complexity index is 1440. The Morgan fingerprint density at radius 1 is 1.06 bits per heavy atom. The van der Waals surface area contributed by atoms with E-state index in [9.17, 15) is 9.18 Å². The molecule has 0 spiro atoms. The Balaban J connectivity index is 1.37. The number of rotatable bonds is 6. The summed E-state index contributed by atoms with van der Waals surface area (Å²) in [7, 11) is 0. The zero-order valence-electron chi connectivity index (χ0n) is 17.7. The van der Waals surface area contributed by atoms with Gasteiger partial charge in [0.2, 0.25) is 5.13 Å². The Morgan fingerprint density at radius 2 is 1.88 bits per heavy atom. The lowest BCUT2D eigenvalue weighted by molar-refractivity contribution is 0.102. The van der Waals surface area contributed by atoms with Crippen LogP contribution in [0.25, 0.3) is 11.0 Å². The molecule has 0 aliphatic carbocycles. The first-order chi connectivity index (χ1) is 16.1. The van der Waals surface area contributed by atoms with E-state index in [1.54, 1.807) is 36.5 Å². The molecule has 1 amide bonds. The van der Waals surface area contributed by atoms with Crippen LogP contribution in [0.5, 0.6) is 0 Å². The molecule has 0 fully saturated rings. The van der Waals surface area contributed by atoms with Crippen molar-refractivity contribution in [3.63, 3.8) is 0 Å². The fourth-order valence-electron chi connectivity index (χ4n) is 3.49. The molecule has 7 nitrogen and oxygen atoms in total. The zero-order valence-corrected chi connectivity index (χ0v) is 18.5. The number of nitrogens with zero attached hydrogens (tertiary/aromatic N) is 5. The average Bonchev–Trinajstić information content (AvgIpc) is 3.41. The lowest BCUT2D eigenvalue weighted by Crippen LogP contribution is -2.14. The monoisotopic (exact) mass is 458 g/mol. The summed E-state index contributed by atoms with van der Waals surface area (Å²) in [5, 5.41) is 17.3. The quantitative estimate of drug-likeness (QED) is 0.401. The van der Waals surface area contributed by atoms with Crippen LogP contribution in [0.3, 0.4) is 0 Å². The Kier molecular flexibility index (Phi) is 5.62. The van der Waals surface area contributed by atoms with Gasteiger partial charge in [0.05, 0.1) is 11.9 Å². The van der Waals surface area contributed by atoms with Crippen LogP contribution in [0.15, 0.2) is 66.9 Å². The minimum Gasteiger partial charge on any atom is -0.295 e. The summed E-state index contributed by atoms with van der Waals surface area (Å²) in [5.74, 6) is -0.753. The third-order valence-electron chi connectivity index (χ3n) is 5.16. The van der Waals surface area contributed by atoms with Gasteiger partial charge in [0, 0.05) is 18.2 Å². The van der Waals surface area contributed by atoms with Crippen LogP contribution in [0, 0.1) is 12.7 Å². The van der Waals surface area contributed by atoms with E-state index in [2.05, 4.69) is 49.9 Å². The van der Waals surface area contributed by atoms with Gasteiger partial charge in [-0.05, 0) is 30.7 Å². The highest BCUT2D eigenvalue weighted by atomic mass is 32.1. The minimum atomic E-state index is -0.418. The summed E-state index contributed by atoms with van der Waals surface area (Å²) in [6, 6.07) is 18.2. The highest BCUT2D eigenvalue weighted by Gasteiger charge is 2.20. The van der Waals surface area contributed by atoms with Gasteiger partial charge in [0.25, 0.3) is 5.91 Å². The van der Waals surface area contributed by atoms with Gasteiger partial charge in [-0.1, -0.05) is 59.4 Å². The fourth-order valence-corrected chi connectivity index (χ4v) is 4.26. The van der Waals surface area contributed by atoms with E-state index in [-0.39, 0.29) is 18.1 Å². The molecule has 33 heavy (non-hydrogen) atoms. The van der Waals surface area contributed by atoms with Crippen molar-refractivity contribution in [3.8, 4) is 0 Å². The van der Waals surface area contributed by atoms with Gasteiger partial charge >= 0.3 is 0 Å². The molecule has 164 valence electrons. The van der Waals surface area contributed by atoms with Crippen molar-refractivity contribution in [2.75, 3.05) is 5.32 Å². The molecule has 0 aliphatic heterocycles. The molecule has 5 rings (SSSR count). The summed E-state index contributed by atoms with van der Waals surface area (Å²) in [5.41, 5.74) is 3.48. The molecule has 0 aliphatic rings. The predicted octanol–water partition coefficient (Wildman–Crippen LogP) is 4.62. The molecule has 5 aromatic rings.